The molecule has 6 nitrogen and oxygen atoms in total. The number of rotatable bonds is 75. The van der Waals surface area contributed by atoms with Crippen molar-refractivity contribution < 1.29 is 24.5 Å². The van der Waals surface area contributed by atoms with Crippen LogP contribution in [0.2, 0.25) is 0 Å². The number of aliphatic hydroxyl groups is 2. The quantitative estimate of drug-likeness (QED) is 0.0320. The van der Waals surface area contributed by atoms with Crippen molar-refractivity contribution in [3.05, 3.63) is 12.2 Å². The maximum atomic E-state index is 12.6. The molecule has 0 saturated heterocycles. The molecule has 85 heavy (non-hydrogen) atoms. The van der Waals surface area contributed by atoms with E-state index >= 15 is 0 Å². The van der Waals surface area contributed by atoms with Gasteiger partial charge in [0.15, 0.2) is 0 Å². The molecule has 0 aliphatic carbocycles. The van der Waals surface area contributed by atoms with Crippen LogP contribution >= 0.6 is 0 Å². The number of ether oxygens (including phenoxy) is 1. The molecule has 1 amide bonds. The van der Waals surface area contributed by atoms with E-state index in [2.05, 4.69) is 31.3 Å². The normalized spacial score (nSPS) is 12.5. The summed E-state index contributed by atoms with van der Waals surface area (Å²) >= 11 is 0. The summed E-state index contributed by atoms with van der Waals surface area (Å²) in [5.74, 6) is -0.00685. The third-order valence-corrected chi connectivity index (χ3v) is 18.8. The van der Waals surface area contributed by atoms with Crippen LogP contribution in [0, 0.1) is 0 Å². The molecule has 506 valence electrons. The van der Waals surface area contributed by atoms with Crippen molar-refractivity contribution >= 4 is 11.9 Å². The summed E-state index contributed by atoms with van der Waals surface area (Å²) in [4.78, 5) is 24.7. The van der Waals surface area contributed by atoms with Gasteiger partial charge in [-0.3, -0.25) is 9.59 Å². The highest BCUT2D eigenvalue weighted by molar-refractivity contribution is 5.76. The van der Waals surface area contributed by atoms with Crippen molar-refractivity contribution in [1.82, 2.24) is 5.32 Å². The fourth-order valence-electron chi connectivity index (χ4n) is 12.8. The van der Waals surface area contributed by atoms with Gasteiger partial charge < -0.3 is 20.3 Å². The molecule has 0 aliphatic heterocycles. The number of unbranched alkanes of at least 4 members (excludes halogenated alkanes) is 62. The Morgan fingerprint density at radius 3 is 0.835 bits per heavy atom. The number of hydrogen-bond acceptors (Lipinski definition) is 5. The monoisotopic (exact) mass is 1200 g/mol. The van der Waals surface area contributed by atoms with Crippen LogP contribution in [0.5, 0.6) is 0 Å². The lowest BCUT2D eigenvalue weighted by molar-refractivity contribution is -0.143. The van der Waals surface area contributed by atoms with E-state index in [1.165, 1.54) is 385 Å². The third-order valence-electron chi connectivity index (χ3n) is 18.8. The number of carbonyl (C=O) groups excluding carboxylic acids is 2. The Morgan fingerprint density at radius 1 is 0.318 bits per heavy atom. The van der Waals surface area contributed by atoms with Crippen LogP contribution in [0.25, 0.3) is 0 Å². The zero-order chi connectivity index (χ0) is 61.3. The van der Waals surface area contributed by atoms with Gasteiger partial charge in [0.05, 0.1) is 25.4 Å². The zero-order valence-electron chi connectivity index (χ0n) is 58.1. The Kier molecular flexibility index (Phi) is 73.8. The Bertz CT molecular complexity index is 1290. The molecule has 0 aromatic rings. The average molecular weight is 1200 g/mol. The second kappa shape index (κ2) is 75.1. The second-order valence-corrected chi connectivity index (χ2v) is 27.4. The average Bonchev–Trinajstić information content (AvgIpc) is 3.51. The van der Waals surface area contributed by atoms with Gasteiger partial charge in [0.2, 0.25) is 5.91 Å². The minimum absolute atomic E-state index is 0.0214. The number of amides is 1. The van der Waals surface area contributed by atoms with Gasteiger partial charge in [-0.1, -0.05) is 405 Å². The first-order valence-corrected chi connectivity index (χ1v) is 39.4. The molecule has 0 aromatic heterocycles. The highest BCUT2D eigenvalue weighted by atomic mass is 16.5. The second-order valence-electron chi connectivity index (χ2n) is 27.4. The predicted molar refractivity (Wildman–Crippen MR) is 375 cm³/mol. The molecule has 2 unspecified atom stereocenters. The van der Waals surface area contributed by atoms with Gasteiger partial charge in [-0.15, -0.1) is 0 Å². The van der Waals surface area contributed by atoms with E-state index in [0.717, 1.165) is 38.5 Å². The van der Waals surface area contributed by atoms with Crippen molar-refractivity contribution in [2.75, 3.05) is 13.2 Å². The van der Waals surface area contributed by atoms with Gasteiger partial charge in [0, 0.05) is 12.8 Å². The molecule has 3 N–H and O–H groups in total. The number of hydrogen-bond donors (Lipinski definition) is 3. The predicted octanol–water partition coefficient (Wildman–Crippen LogP) is 25.9. The van der Waals surface area contributed by atoms with E-state index in [9.17, 15) is 19.8 Å². The van der Waals surface area contributed by atoms with E-state index in [0.29, 0.717) is 25.9 Å². The summed E-state index contributed by atoms with van der Waals surface area (Å²) in [6.45, 7) is 5.01. The molecule has 0 aromatic carbocycles. The van der Waals surface area contributed by atoms with Crippen molar-refractivity contribution in [1.29, 1.82) is 0 Å². The summed E-state index contributed by atoms with van der Waals surface area (Å²) in [6.07, 6.45) is 94.4. The van der Waals surface area contributed by atoms with Crippen LogP contribution in [0.3, 0.4) is 0 Å². The van der Waals surface area contributed by atoms with Crippen LogP contribution in [0.1, 0.15) is 457 Å². The van der Waals surface area contributed by atoms with Gasteiger partial charge in [0.25, 0.3) is 0 Å². The minimum Gasteiger partial charge on any atom is -0.466 e. The van der Waals surface area contributed by atoms with E-state index in [-0.39, 0.29) is 18.5 Å². The summed E-state index contributed by atoms with van der Waals surface area (Å²) < 4.78 is 5.51. The molecule has 0 radical (unpaired) electrons. The highest BCUT2D eigenvalue weighted by Gasteiger charge is 2.20. The first kappa shape index (κ1) is 83.6. The molecule has 0 spiro atoms. The topological polar surface area (TPSA) is 95.9 Å². The Balaban J connectivity index is 3.36. The van der Waals surface area contributed by atoms with Gasteiger partial charge >= 0.3 is 5.97 Å². The molecule has 0 saturated carbocycles. The van der Waals surface area contributed by atoms with Crippen molar-refractivity contribution in [2.45, 2.75) is 469 Å². The smallest absolute Gasteiger partial charge is 0.305 e. The highest BCUT2D eigenvalue weighted by Crippen LogP contribution is 2.20. The number of esters is 1. The fraction of sp³-hybridized carbons (Fsp3) is 0.949. The van der Waals surface area contributed by atoms with Crippen molar-refractivity contribution in [3.8, 4) is 0 Å². The Morgan fingerprint density at radius 2 is 0.553 bits per heavy atom. The minimum atomic E-state index is -0.665. The lowest BCUT2D eigenvalue weighted by Gasteiger charge is -2.22. The first-order chi connectivity index (χ1) is 42.0. The maximum absolute atomic E-state index is 12.6. The van der Waals surface area contributed by atoms with Crippen LogP contribution in [-0.4, -0.2) is 47.4 Å². The summed E-state index contributed by atoms with van der Waals surface area (Å²) in [5, 5.41) is 23.5. The van der Waals surface area contributed by atoms with Crippen LogP contribution < -0.4 is 5.32 Å². The lowest BCUT2D eigenvalue weighted by Crippen LogP contribution is -2.45. The first-order valence-electron chi connectivity index (χ1n) is 39.4. The molecule has 6 heteroatoms. The molecule has 0 aliphatic rings. The standard InChI is InChI=1S/C79H155NO5/c1-3-5-7-9-11-13-15-17-19-21-22-23-31-34-37-40-43-47-51-55-59-63-67-71-77(82)76(75-81)80-78(83)72-68-64-60-56-52-48-44-41-38-35-32-29-27-25-24-26-28-30-33-36-39-42-46-50-54-58-62-66-70-74-85-79(84)73-69-65-61-57-53-49-45-20-18-16-14-12-10-8-6-4-2/h24,26,76-77,81-82H,3-23,25,27-75H2,1-2H3,(H,80,83)/b26-24-. The van der Waals surface area contributed by atoms with E-state index in [1.807, 2.05) is 0 Å². The maximum Gasteiger partial charge on any atom is 0.305 e. The van der Waals surface area contributed by atoms with Crippen molar-refractivity contribution in [3.63, 3.8) is 0 Å². The van der Waals surface area contributed by atoms with E-state index in [1.54, 1.807) is 0 Å². The van der Waals surface area contributed by atoms with Crippen molar-refractivity contribution in [2.24, 2.45) is 0 Å². The number of allylic oxidation sites excluding steroid dienone is 2. The summed E-state index contributed by atoms with van der Waals surface area (Å²) in [5.41, 5.74) is 0. The summed E-state index contributed by atoms with van der Waals surface area (Å²) in [6, 6.07) is -0.542. The SMILES string of the molecule is CCCCCCCCCCCCCCCCCCCCCCCCCC(O)C(CO)NC(=O)CCCCCCCCCCCCCCC/C=C\CCCCCCCCCCCCCCOC(=O)CCCCCCCCCCCCCCCCCC. The van der Waals surface area contributed by atoms with E-state index < -0.39 is 12.1 Å². The largest absolute Gasteiger partial charge is 0.466 e. The zero-order valence-corrected chi connectivity index (χ0v) is 58.1. The molecule has 0 rings (SSSR count). The number of nitrogens with one attached hydrogen (secondary N) is 1. The molecule has 0 bridgehead atoms. The fourth-order valence-corrected chi connectivity index (χ4v) is 12.8. The lowest BCUT2D eigenvalue weighted by atomic mass is 10.0. The Hall–Kier alpha value is -1.40. The van der Waals surface area contributed by atoms with Gasteiger partial charge in [-0.05, 0) is 51.4 Å². The Labute approximate surface area is 533 Å². The number of aliphatic hydroxyl groups excluding tert-OH is 2. The third kappa shape index (κ3) is 71.6. The van der Waals surface area contributed by atoms with Crippen LogP contribution in [-0.2, 0) is 14.3 Å². The van der Waals surface area contributed by atoms with Crippen LogP contribution in [0.15, 0.2) is 12.2 Å². The summed E-state index contributed by atoms with van der Waals surface area (Å²) in [7, 11) is 0. The van der Waals surface area contributed by atoms with Crippen LogP contribution in [0.4, 0.5) is 0 Å². The van der Waals surface area contributed by atoms with Gasteiger partial charge in [-0.2, -0.15) is 0 Å². The van der Waals surface area contributed by atoms with Gasteiger partial charge in [0.1, 0.15) is 0 Å². The van der Waals surface area contributed by atoms with E-state index in [4.69, 9.17) is 4.74 Å². The number of carbonyl (C=O) groups is 2. The molecule has 2 atom stereocenters. The van der Waals surface area contributed by atoms with Gasteiger partial charge in [-0.25, -0.2) is 0 Å². The molecular formula is C79H155NO5. The molecular weight excluding hydrogens is 1040 g/mol. The molecule has 0 heterocycles. The molecule has 0 fully saturated rings.